The minimum absolute atomic E-state index is 0.0448. The standard InChI is InChI=1S/C26H26N2O6S/c1-32-21-13-18(20(14-22(21)33-2)28-25(30)23-11-6-12-35-23)26(31)34-15-24(29)27-19-10-5-8-16-7-3-4-9-17(16)19/h3-4,6-7,9,11-14,19H,5,8,10,15H2,1-2H3,(H,27,29)(H,28,30)/t19-/m1/s1. The summed E-state index contributed by atoms with van der Waals surface area (Å²) in [4.78, 5) is 38.6. The maximum atomic E-state index is 12.9. The number of methoxy groups -OCH3 is 2. The van der Waals surface area contributed by atoms with Gasteiger partial charge in [-0.3, -0.25) is 9.59 Å². The molecule has 0 aliphatic heterocycles. The number of fused-ring (bicyclic) bond motifs is 1. The van der Waals surface area contributed by atoms with Gasteiger partial charge in [-0.05, 0) is 41.8 Å². The SMILES string of the molecule is COc1cc(NC(=O)c2cccs2)c(C(=O)OCC(=O)N[C@@H]2CCCc3ccccc32)cc1OC. The summed E-state index contributed by atoms with van der Waals surface area (Å²) in [5, 5.41) is 7.46. The Morgan fingerprint density at radius 3 is 2.54 bits per heavy atom. The number of aryl methyl sites for hydroxylation is 1. The van der Waals surface area contributed by atoms with Crippen molar-refractivity contribution in [3.05, 3.63) is 75.5 Å². The Kier molecular flexibility index (Phi) is 7.67. The maximum Gasteiger partial charge on any atom is 0.340 e. The predicted molar refractivity (Wildman–Crippen MR) is 132 cm³/mol. The maximum absolute atomic E-state index is 12.9. The zero-order valence-corrected chi connectivity index (χ0v) is 20.3. The van der Waals surface area contributed by atoms with Crippen LogP contribution in [0.4, 0.5) is 5.69 Å². The minimum Gasteiger partial charge on any atom is -0.493 e. The van der Waals surface area contributed by atoms with Crippen molar-refractivity contribution in [1.82, 2.24) is 5.32 Å². The third-order valence-corrected chi connectivity index (χ3v) is 6.64. The van der Waals surface area contributed by atoms with E-state index in [1.807, 2.05) is 18.2 Å². The van der Waals surface area contributed by atoms with Gasteiger partial charge >= 0.3 is 5.97 Å². The van der Waals surface area contributed by atoms with Crippen molar-refractivity contribution >= 4 is 34.8 Å². The molecule has 8 nitrogen and oxygen atoms in total. The molecule has 182 valence electrons. The van der Waals surface area contributed by atoms with E-state index in [0.29, 0.717) is 10.6 Å². The fraction of sp³-hybridized carbons (Fsp3) is 0.269. The largest absolute Gasteiger partial charge is 0.493 e. The number of thiophene rings is 1. The average Bonchev–Trinajstić information content (AvgIpc) is 3.42. The highest BCUT2D eigenvalue weighted by molar-refractivity contribution is 7.12. The zero-order chi connectivity index (χ0) is 24.8. The first-order valence-corrected chi connectivity index (χ1v) is 12.0. The van der Waals surface area contributed by atoms with Crippen LogP contribution in [0.1, 0.15) is 50.0 Å². The molecule has 2 N–H and O–H groups in total. The summed E-state index contributed by atoms with van der Waals surface area (Å²) in [6.07, 6.45) is 2.78. The lowest BCUT2D eigenvalue weighted by molar-refractivity contribution is -0.125. The summed E-state index contributed by atoms with van der Waals surface area (Å²) in [5.74, 6) is -0.928. The molecule has 0 radical (unpaired) electrons. The second-order valence-electron chi connectivity index (χ2n) is 7.97. The van der Waals surface area contributed by atoms with Crippen molar-refractivity contribution in [2.24, 2.45) is 0 Å². The third-order valence-electron chi connectivity index (χ3n) is 5.78. The molecule has 0 saturated heterocycles. The molecule has 2 amide bonds. The summed E-state index contributed by atoms with van der Waals surface area (Å²) in [7, 11) is 2.89. The van der Waals surface area contributed by atoms with Crippen molar-refractivity contribution < 1.29 is 28.6 Å². The molecule has 2 aromatic carbocycles. The van der Waals surface area contributed by atoms with E-state index in [0.717, 1.165) is 24.8 Å². The van der Waals surface area contributed by atoms with Gasteiger partial charge in [0.15, 0.2) is 18.1 Å². The lowest BCUT2D eigenvalue weighted by Gasteiger charge is -2.26. The Labute approximate surface area is 207 Å². The number of hydrogen-bond donors (Lipinski definition) is 2. The number of carbonyl (C=O) groups excluding carboxylic acids is 3. The summed E-state index contributed by atoms with van der Waals surface area (Å²) in [6.45, 7) is -0.454. The van der Waals surface area contributed by atoms with Gasteiger partial charge in [0.05, 0.1) is 36.4 Å². The van der Waals surface area contributed by atoms with Gasteiger partial charge in [0.25, 0.3) is 11.8 Å². The van der Waals surface area contributed by atoms with Gasteiger partial charge in [-0.2, -0.15) is 0 Å². The molecule has 0 bridgehead atoms. The topological polar surface area (TPSA) is 103 Å². The van der Waals surface area contributed by atoms with E-state index in [1.54, 1.807) is 17.5 Å². The normalized spacial score (nSPS) is 14.4. The molecule has 0 saturated carbocycles. The fourth-order valence-corrected chi connectivity index (χ4v) is 4.71. The van der Waals surface area contributed by atoms with E-state index in [4.69, 9.17) is 14.2 Å². The number of nitrogens with one attached hydrogen (secondary N) is 2. The highest BCUT2D eigenvalue weighted by Crippen LogP contribution is 2.34. The molecular weight excluding hydrogens is 468 g/mol. The Morgan fingerprint density at radius 1 is 1.03 bits per heavy atom. The number of hydrogen-bond acceptors (Lipinski definition) is 7. The van der Waals surface area contributed by atoms with Crippen LogP contribution in [0.3, 0.4) is 0 Å². The van der Waals surface area contributed by atoms with Crippen LogP contribution in [0.2, 0.25) is 0 Å². The molecule has 1 atom stereocenters. The highest BCUT2D eigenvalue weighted by atomic mass is 32.1. The van der Waals surface area contributed by atoms with E-state index >= 15 is 0 Å². The quantitative estimate of drug-likeness (QED) is 0.451. The Bertz CT molecular complexity index is 1220. The smallest absolute Gasteiger partial charge is 0.340 e. The first kappa shape index (κ1) is 24.3. The van der Waals surface area contributed by atoms with Crippen LogP contribution in [0.15, 0.2) is 53.9 Å². The lowest BCUT2D eigenvalue weighted by Crippen LogP contribution is -2.34. The molecule has 4 rings (SSSR count). The minimum atomic E-state index is -0.772. The van der Waals surface area contributed by atoms with Gasteiger partial charge in [-0.15, -0.1) is 11.3 Å². The van der Waals surface area contributed by atoms with E-state index in [9.17, 15) is 14.4 Å². The number of benzene rings is 2. The number of esters is 1. The Morgan fingerprint density at radius 2 is 1.80 bits per heavy atom. The number of anilines is 1. The molecule has 1 aliphatic carbocycles. The van der Waals surface area contributed by atoms with Crippen molar-refractivity contribution in [1.29, 1.82) is 0 Å². The molecule has 9 heteroatoms. The van der Waals surface area contributed by atoms with E-state index < -0.39 is 18.5 Å². The van der Waals surface area contributed by atoms with E-state index in [-0.39, 0.29) is 28.9 Å². The number of amides is 2. The van der Waals surface area contributed by atoms with Crippen LogP contribution in [0.25, 0.3) is 0 Å². The molecule has 0 unspecified atom stereocenters. The molecule has 35 heavy (non-hydrogen) atoms. The first-order chi connectivity index (χ1) is 17.0. The van der Waals surface area contributed by atoms with E-state index in [2.05, 4.69) is 16.7 Å². The van der Waals surface area contributed by atoms with Crippen LogP contribution in [0.5, 0.6) is 11.5 Å². The summed E-state index contributed by atoms with van der Waals surface area (Å²) >= 11 is 1.27. The van der Waals surface area contributed by atoms with Gasteiger partial charge in [0.2, 0.25) is 0 Å². The van der Waals surface area contributed by atoms with Crippen molar-refractivity contribution in [2.75, 3.05) is 26.1 Å². The van der Waals surface area contributed by atoms with Crippen LogP contribution >= 0.6 is 11.3 Å². The van der Waals surface area contributed by atoms with Crippen molar-refractivity contribution in [2.45, 2.75) is 25.3 Å². The first-order valence-electron chi connectivity index (χ1n) is 11.1. The number of rotatable bonds is 8. The van der Waals surface area contributed by atoms with Gasteiger partial charge in [-0.25, -0.2) is 4.79 Å². The molecule has 0 fully saturated rings. The van der Waals surface area contributed by atoms with Crippen LogP contribution in [0, 0.1) is 0 Å². The summed E-state index contributed by atoms with van der Waals surface area (Å²) in [5.41, 5.74) is 2.55. The molecule has 1 heterocycles. The molecule has 1 aliphatic rings. The fourth-order valence-electron chi connectivity index (χ4n) is 4.09. The molecule has 3 aromatic rings. The van der Waals surface area contributed by atoms with Crippen LogP contribution in [-0.2, 0) is 16.0 Å². The van der Waals surface area contributed by atoms with E-state index in [1.165, 1.54) is 43.3 Å². The second kappa shape index (κ2) is 11.1. The van der Waals surface area contributed by atoms with Crippen molar-refractivity contribution in [3.8, 4) is 11.5 Å². The van der Waals surface area contributed by atoms with Crippen LogP contribution < -0.4 is 20.1 Å². The summed E-state index contributed by atoms with van der Waals surface area (Å²) in [6, 6.07) is 14.2. The van der Waals surface area contributed by atoms with Gasteiger partial charge in [-0.1, -0.05) is 30.3 Å². The van der Waals surface area contributed by atoms with Gasteiger partial charge in [0, 0.05) is 12.1 Å². The zero-order valence-electron chi connectivity index (χ0n) is 19.5. The second-order valence-corrected chi connectivity index (χ2v) is 8.92. The summed E-state index contributed by atoms with van der Waals surface area (Å²) < 4.78 is 15.9. The Balaban J connectivity index is 1.47. The van der Waals surface area contributed by atoms with Crippen molar-refractivity contribution in [3.63, 3.8) is 0 Å². The molecule has 0 spiro atoms. The predicted octanol–water partition coefficient (Wildman–Crippen LogP) is 4.37. The number of ether oxygens (including phenoxy) is 3. The average molecular weight is 495 g/mol. The number of carbonyl (C=O) groups is 3. The third kappa shape index (κ3) is 5.63. The van der Waals surface area contributed by atoms with Gasteiger partial charge in [0.1, 0.15) is 0 Å². The molecular formula is C26H26N2O6S. The van der Waals surface area contributed by atoms with Gasteiger partial charge < -0.3 is 24.8 Å². The monoisotopic (exact) mass is 494 g/mol. The highest BCUT2D eigenvalue weighted by Gasteiger charge is 2.24. The van der Waals surface area contributed by atoms with Crippen LogP contribution in [-0.4, -0.2) is 38.6 Å². The lowest BCUT2D eigenvalue weighted by atomic mass is 9.88. The molecule has 1 aromatic heterocycles. The Hall–Kier alpha value is -3.85.